The van der Waals surface area contributed by atoms with Crippen molar-refractivity contribution >= 4 is 0 Å². The first-order chi connectivity index (χ1) is 5.66. The maximum atomic E-state index is 8.00. The molecule has 0 aromatic heterocycles. The largest absolute Gasteiger partial charge is 4.00 e. The van der Waals surface area contributed by atoms with Crippen molar-refractivity contribution in [3.05, 3.63) is 40.5 Å². The molecule has 0 N–H and O–H groups in total. The Labute approximate surface area is 105 Å². The SMILES string of the molecule is O=N[O-].O=N[O-].O=N[O-].O=N[O-].[Ti+4].[Ti]. The molecule has 0 fully saturated rings. The molecule has 0 spiro atoms. The number of nitrogens with zero attached hydrogens (tertiary/aromatic N) is 4. The average molecular weight is 280 g/mol. The predicted molar refractivity (Wildman–Crippen MR) is 36.6 cm³/mol. The van der Waals surface area contributed by atoms with Crippen LogP contribution in [0.3, 0.4) is 0 Å². The Morgan fingerprint density at radius 1 is 0.571 bits per heavy atom. The van der Waals surface area contributed by atoms with Gasteiger partial charge in [-0.15, -0.1) is 21.4 Å². The molecular formula is N4O8Ti2. The van der Waals surface area contributed by atoms with Crippen LogP contribution in [-0.4, -0.2) is 0 Å². The molecule has 14 heteroatoms. The van der Waals surface area contributed by atoms with Crippen molar-refractivity contribution in [2.45, 2.75) is 0 Å². The summed E-state index contributed by atoms with van der Waals surface area (Å²) >= 11 is 0. The van der Waals surface area contributed by atoms with Crippen LogP contribution in [0.1, 0.15) is 0 Å². The standard InChI is InChI=1S/4HNO2.2Ti/c4*2-1-3;;/h4*(H,2,3);;/q;;;;;+4/p-4. The van der Waals surface area contributed by atoms with Crippen LogP contribution in [0.4, 0.5) is 0 Å². The summed E-state index contributed by atoms with van der Waals surface area (Å²) in [6.07, 6.45) is 0. The van der Waals surface area contributed by atoms with Crippen molar-refractivity contribution in [3.8, 4) is 0 Å². The van der Waals surface area contributed by atoms with Crippen LogP contribution in [0, 0.1) is 40.5 Å². The third-order valence-corrected chi connectivity index (χ3v) is 0. The van der Waals surface area contributed by atoms with Gasteiger partial charge in [-0.05, 0) is 0 Å². The molecule has 12 nitrogen and oxygen atoms in total. The van der Waals surface area contributed by atoms with Gasteiger partial charge in [-0.2, -0.15) is 0 Å². The first kappa shape index (κ1) is 38.2. The summed E-state index contributed by atoms with van der Waals surface area (Å²) in [5.41, 5.74) is 0. The van der Waals surface area contributed by atoms with Crippen molar-refractivity contribution in [1.82, 2.24) is 0 Å². The third-order valence-electron chi connectivity index (χ3n) is 0. The van der Waals surface area contributed by atoms with E-state index in [2.05, 4.69) is 0 Å². The molecule has 0 radical (unpaired) electrons. The molecule has 0 saturated carbocycles. The summed E-state index contributed by atoms with van der Waals surface area (Å²) in [6.45, 7) is 0. The van der Waals surface area contributed by atoms with Crippen LogP contribution in [0.2, 0.25) is 0 Å². The monoisotopic (exact) mass is 280 g/mol. The normalized spacial score (nSPS) is 3.43. The maximum Gasteiger partial charge on any atom is 4.00 e. The van der Waals surface area contributed by atoms with Gasteiger partial charge in [-0.1, -0.05) is 0 Å². The summed E-state index contributed by atoms with van der Waals surface area (Å²) in [5, 5.41) is 36.0. The Hall–Kier alpha value is -0.971. The van der Waals surface area contributed by atoms with Crippen molar-refractivity contribution in [2.75, 3.05) is 0 Å². The van der Waals surface area contributed by atoms with Gasteiger partial charge in [-0.3, -0.25) is 0 Å². The van der Waals surface area contributed by atoms with Crippen LogP contribution in [0.25, 0.3) is 0 Å². The zero-order chi connectivity index (χ0) is 10.8. The summed E-state index contributed by atoms with van der Waals surface area (Å²) in [5.74, 6) is 0. The first-order valence-electron chi connectivity index (χ1n) is 1.46. The fourth-order valence-corrected chi connectivity index (χ4v) is 0. The summed E-state index contributed by atoms with van der Waals surface area (Å²) in [6, 6.07) is 0. The van der Waals surface area contributed by atoms with Crippen molar-refractivity contribution in [3.63, 3.8) is 0 Å². The fraction of sp³-hybridized carbons (Fsp3) is 0. The smallest absolute Gasteiger partial charge is 0.444 e. The molecule has 0 atom stereocenters. The minimum atomic E-state index is 0. The van der Waals surface area contributed by atoms with Gasteiger partial charge in [0.2, 0.25) is 0 Å². The number of hydrogen-bond donors (Lipinski definition) is 0. The number of hydrogen-bond acceptors (Lipinski definition) is 12. The molecule has 0 aromatic rings. The zero-order valence-corrected chi connectivity index (χ0v) is 9.18. The van der Waals surface area contributed by atoms with E-state index in [4.69, 9.17) is 40.5 Å². The van der Waals surface area contributed by atoms with Gasteiger partial charge >= 0.3 is 21.7 Å². The van der Waals surface area contributed by atoms with Crippen LogP contribution >= 0.6 is 0 Å². The van der Waals surface area contributed by atoms with Crippen LogP contribution < -0.4 is 0 Å². The van der Waals surface area contributed by atoms with E-state index in [1.807, 2.05) is 0 Å². The van der Waals surface area contributed by atoms with Gasteiger partial charge in [-0.25, -0.2) is 0 Å². The van der Waals surface area contributed by atoms with E-state index in [1.54, 1.807) is 0 Å². The van der Waals surface area contributed by atoms with Gasteiger partial charge < -0.3 is 40.5 Å². The molecule has 0 aromatic carbocycles. The zero-order valence-electron chi connectivity index (χ0n) is 6.05. The quantitative estimate of drug-likeness (QED) is 0.353. The Morgan fingerprint density at radius 2 is 0.571 bits per heavy atom. The minimum Gasteiger partial charge on any atom is -0.444 e. The Morgan fingerprint density at radius 3 is 0.571 bits per heavy atom. The van der Waals surface area contributed by atoms with E-state index in [1.165, 1.54) is 0 Å². The first-order valence-corrected chi connectivity index (χ1v) is 1.46. The van der Waals surface area contributed by atoms with Gasteiger partial charge in [0, 0.05) is 21.7 Å². The van der Waals surface area contributed by atoms with Crippen molar-refractivity contribution in [1.29, 1.82) is 0 Å². The second-order valence-corrected chi connectivity index (χ2v) is 0.298. The minimum absolute atomic E-state index is 0. The Balaban J connectivity index is -0.0000000145. The Kier molecular flexibility index (Phi) is 435. The number of rotatable bonds is 0. The molecule has 0 amide bonds. The molecule has 0 saturated heterocycles. The van der Waals surface area contributed by atoms with Gasteiger partial charge in [0.15, 0.2) is 0 Å². The van der Waals surface area contributed by atoms with Crippen molar-refractivity contribution < 1.29 is 43.4 Å². The molecular weight excluding hydrogens is 280 g/mol. The van der Waals surface area contributed by atoms with E-state index in [9.17, 15) is 0 Å². The third kappa shape index (κ3) is 1180. The summed E-state index contributed by atoms with van der Waals surface area (Å²) < 4.78 is 0. The molecule has 0 aliphatic rings. The second-order valence-electron chi connectivity index (χ2n) is 0.298. The van der Waals surface area contributed by atoms with Gasteiger partial charge in [0.05, 0.1) is 0 Å². The van der Waals surface area contributed by atoms with E-state index < -0.39 is 0 Å². The molecule has 0 rings (SSSR count). The van der Waals surface area contributed by atoms with Gasteiger partial charge in [0.1, 0.15) is 0 Å². The predicted octanol–water partition coefficient (Wildman–Crippen LogP) is 0.997. The summed E-state index contributed by atoms with van der Waals surface area (Å²) in [7, 11) is 0. The fourth-order valence-electron chi connectivity index (χ4n) is 0. The molecule has 76 valence electrons. The second kappa shape index (κ2) is 160. The maximum absolute atomic E-state index is 8.00. The summed E-state index contributed by atoms with van der Waals surface area (Å²) in [4.78, 5) is 32.0. The molecule has 14 heavy (non-hydrogen) atoms. The van der Waals surface area contributed by atoms with Crippen LogP contribution in [0.5, 0.6) is 0 Å². The van der Waals surface area contributed by atoms with E-state index >= 15 is 0 Å². The Bertz CT molecular complexity index is 73.3. The van der Waals surface area contributed by atoms with E-state index in [-0.39, 0.29) is 43.4 Å². The van der Waals surface area contributed by atoms with Crippen molar-refractivity contribution in [2.24, 2.45) is 21.4 Å². The van der Waals surface area contributed by atoms with E-state index in [0.717, 1.165) is 21.4 Å². The van der Waals surface area contributed by atoms with E-state index in [0.29, 0.717) is 0 Å². The average Bonchev–Trinajstić information content (AvgIpc) is 1.92. The van der Waals surface area contributed by atoms with Crippen LogP contribution in [0.15, 0.2) is 21.4 Å². The molecule has 0 bridgehead atoms. The molecule has 0 aliphatic carbocycles. The molecule has 0 aliphatic heterocycles. The topological polar surface area (TPSA) is 210 Å². The van der Waals surface area contributed by atoms with Crippen LogP contribution in [-0.2, 0) is 43.4 Å². The molecule has 0 unspecified atom stereocenters. The molecule has 0 heterocycles. The van der Waals surface area contributed by atoms with Gasteiger partial charge in [0.25, 0.3) is 0 Å².